The molecule has 2 aromatic rings. The molecule has 0 fully saturated rings. The molecule has 10 heavy (non-hydrogen) atoms. The highest BCUT2D eigenvalue weighted by Gasteiger charge is 2.06. The third-order valence-corrected chi connectivity index (χ3v) is 5.75. The lowest BCUT2D eigenvalue weighted by atomic mass is 10.4. The highest BCUT2D eigenvalue weighted by molar-refractivity contribution is 9.13. The second-order valence-electron chi connectivity index (χ2n) is 1.81. The van der Waals surface area contributed by atoms with Crippen molar-refractivity contribution in [3.8, 4) is 0 Å². The van der Waals surface area contributed by atoms with Gasteiger partial charge in [0.2, 0.25) is 0 Å². The second kappa shape index (κ2) is 2.59. The van der Waals surface area contributed by atoms with Gasteiger partial charge in [0.1, 0.15) is 0 Å². The number of fused-ring (bicyclic) bond motifs is 1. The summed E-state index contributed by atoms with van der Waals surface area (Å²) in [7, 11) is 0. The lowest BCUT2D eigenvalue weighted by Gasteiger charge is -1.79. The van der Waals surface area contributed by atoms with Crippen LogP contribution in [0.2, 0.25) is 0 Å². The molecule has 2 rings (SSSR count). The summed E-state index contributed by atoms with van der Waals surface area (Å²) >= 11 is 10.5. The minimum Gasteiger partial charge on any atom is -0.133 e. The van der Waals surface area contributed by atoms with Gasteiger partial charge in [0.25, 0.3) is 0 Å². The molecular weight excluding hydrogens is 296 g/mol. The molecule has 2 aromatic heterocycles. The van der Waals surface area contributed by atoms with Crippen LogP contribution < -0.4 is 0 Å². The molecule has 0 spiro atoms. The van der Waals surface area contributed by atoms with Gasteiger partial charge >= 0.3 is 0 Å². The zero-order valence-corrected chi connectivity index (χ0v) is 9.53. The summed E-state index contributed by atoms with van der Waals surface area (Å²) < 4.78 is 3.75. The summed E-state index contributed by atoms with van der Waals surface area (Å²) in [6.45, 7) is 0. The van der Waals surface area contributed by atoms with Crippen molar-refractivity contribution in [1.82, 2.24) is 0 Å². The van der Waals surface area contributed by atoms with Crippen molar-refractivity contribution in [2.24, 2.45) is 0 Å². The summed E-state index contributed by atoms with van der Waals surface area (Å²) in [5, 5.41) is 3.43. The molecule has 0 nitrogen and oxygen atoms in total. The van der Waals surface area contributed by atoms with Crippen LogP contribution in [0.4, 0.5) is 0 Å². The van der Waals surface area contributed by atoms with Gasteiger partial charge < -0.3 is 0 Å². The van der Waals surface area contributed by atoms with Crippen LogP contribution in [-0.4, -0.2) is 0 Å². The molecule has 2 heterocycles. The van der Waals surface area contributed by atoms with Gasteiger partial charge in [-0.25, -0.2) is 0 Å². The summed E-state index contributed by atoms with van der Waals surface area (Å²) in [5.74, 6) is 0. The van der Waals surface area contributed by atoms with E-state index in [1.54, 1.807) is 22.7 Å². The van der Waals surface area contributed by atoms with Gasteiger partial charge in [0.05, 0.1) is 12.3 Å². The maximum atomic E-state index is 3.50. The van der Waals surface area contributed by atoms with Crippen molar-refractivity contribution < 1.29 is 0 Å². The smallest absolute Gasteiger partial charge is 0.0888 e. The lowest BCUT2D eigenvalue weighted by Crippen LogP contribution is -1.51. The zero-order valence-electron chi connectivity index (χ0n) is 4.73. The standard InChI is InChI=1S/C6H2Br2S2/c7-4-3-1-2-9-6(3)10-5(4)8/h1-2H. The molecule has 0 aliphatic rings. The van der Waals surface area contributed by atoms with Crippen LogP contribution in [0, 0.1) is 0 Å². The lowest BCUT2D eigenvalue weighted by molar-refractivity contribution is 1.93. The van der Waals surface area contributed by atoms with Crippen LogP contribution in [0.5, 0.6) is 0 Å². The molecule has 0 saturated heterocycles. The van der Waals surface area contributed by atoms with E-state index < -0.39 is 0 Å². The summed E-state index contributed by atoms with van der Waals surface area (Å²) in [5.41, 5.74) is 0. The van der Waals surface area contributed by atoms with E-state index in [2.05, 4.69) is 43.3 Å². The first kappa shape index (κ1) is 7.28. The van der Waals surface area contributed by atoms with E-state index in [0.717, 1.165) is 0 Å². The highest BCUT2D eigenvalue weighted by atomic mass is 79.9. The van der Waals surface area contributed by atoms with Gasteiger partial charge in [0.15, 0.2) is 0 Å². The predicted octanol–water partition coefficient (Wildman–Crippen LogP) is 4.49. The van der Waals surface area contributed by atoms with Gasteiger partial charge in [-0.1, -0.05) is 0 Å². The number of thiophene rings is 2. The average Bonchev–Trinajstić information content (AvgIpc) is 2.41. The molecule has 52 valence electrons. The molecule has 0 saturated carbocycles. The van der Waals surface area contributed by atoms with Crippen LogP contribution >= 0.6 is 54.5 Å². The summed E-state index contributed by atoms with van der Waals surface area (Å²) in [6, 6.07) is 2.13. The maximum Gasteiger partial charge on any atom is 0.0888 e. The number of rotatable bonds is 0. The van der Waals surface area contributed by atoms with E-state index in [4.69, 9.17) is 0 Å². The quantitative estimate of drug-likeness (QED) is 0.672. The van der Waals surface area contributed by atoms with Crippen molar-refractivity contribution in [1.29, 1.82) is 0 Å². The first-order valence-corrected chi connectivity index (χ1v) is 5.88. The van der Waals surface area contributed by atoms with E-state index >= 15 is 0 Å². The van der Waals surface area contributed by atoms with E-state index in [9.17, 15) is 0 Å². The second-order valence-corrected chi connectivity index (χ2v) is 6.12. The van der Waals surface area contributed by atoms with Crippen LogP contribution in [-0.2, 0) is 0 Å². The van der Waals surface area contributed by atoms with Crippen molar-refractivity contribution >= 4 is 63.9 Å². The molecule has 0 radical (unpaired) electrons. The van der Waals surface area contributed by atoms with Crippen LogP contribution in [0.15, 0.2) is 19.7 Å². The van der Waals surface area contributed by atoms with E-state index in [0.29, 0.717) is 0 Å². The van der Waals surface area contributed by atoms with Crippen molar-refractivity contribution in [3.05, 3.63) is 19.7 Å². The minimum atomic E-state index is 1.19. The molecule has 0 aliphatic carbocycles. The Morgan fingerprint density at radius 1 is 1.30 bits per heavy atom. The van der Waals surface area contributed by atoms with Crippen molar-refractivity contribution in [2.45, 2.75) is 0 Å². The SMILES string of the molecule is Brc1sc2sccc2c1Br. The first-order valence-electron chi connectivity index (χ1n) is 2.60. The fourth-order valence-corrected chi connectivity index (χ4v) is 4.50. The molecule has 0 N–H and O–H groups in total. The van der Waals surface area contributed by atoms with E-state index in [1.807, 2.05) is 0 Å². The normalized spacial score (nSPS) is 11.0. The molecule has 0 bridgehead atoms. The van der Waals surface area contributed by atoms with Gasteiger partial charge in [-0.15, -0.1) is 22.7 Å². The molecule has 0 aromatic carbocycles. The Hall–Kier alpha value is 0.620. The first-order chi connectivity index (χ1) is 4.79. The van der Waals surface area contributed by atoms with Crippen molar-refractivity contribution in [3.63, 3.8) is 0 Å². The molecule has 0 unspecified atom stereocenters. The molecule has 4 heteroatoms. The number of hydrogen-bond acceptors (Lipinski definition) is 2. The molecule has 0 amide bonds. The topological polar surface area (TPSA) is 0 Å². The molecule has 0 aliphatic heterocycles. The predicted molar refractivity (Wildman–Crippen MR) is 55.1 cm³/mol. The summed E-state index contributed by atoms with van der Waals surface area (Å²) in [6.07, 6.45) is 0. The summed E-state index contributed by atoms with van der Waals surface area (Å²) in [4.78, 5) is 0. The fraction of sp³-hybridized carbons (Fsp3) is 0. The Bertz CT molecular complexity index is 361. The largest absolute Gasteiger partial charge is 0.133 e. The average molecular weight is 298 g/mol. The van der Waals surface area contributed by atoms with Crippen LogP contribution in [0.25, 0.3) is 9.40 Å². The highest BCUT2D eigenvalue weighted by Crippen LogP contribution is 2.41. The minimum absolute atomic E-state index is 1.19. The Kier molecular flexibility index (Phi) is 1.88. The van der Waals surface area contributed by atoms with Gasteiger partial charge in [-0.2, -0.15) is 0 Å². The van der Waals surface area contributed by atoms with Gasteiger partial charge in [-0.05, 0) is 43.3 Å². The van der Waals surface area contributed by atoms with Gasteiger partial charge in [0, 0.05) is 5.39 Å². The van der Waals surface area contributed by atoms with Gasteiger partial charge in [-0.3, -0.25) is 0 Å². The third kappa shape index (κ3) is 0.978. The third-order valence-electron chi connectivity index (χ3n) is 1.22. The van der Waals surface area contributed by atoms with Crippen molar-refractivity contribution in [2.75, 3.05) is 0 Å². The molecular formula is C6H2Br2S2. The van der Waals surface area contributed by atoms with Crippen LogP contribution in [0.3, 0.4) is 0 Å². The maximum absolute atomic E-state index is 3.50. The Morgan fingerprint density at radius 2 is 2.10 bits per heavy atom. The Labute approximate surface area is 83.1 Å². The zero-order chi connectivity index (χ0) is 7.14. The van der Waals surface area contributed by atoms with Crippen LogP contribution in [0.1, 0.15) is 0 Å². The Balaban J connectivity index is 2.95. The molecule has 0 atom stereocenters. The number of halogens is 2. The number of hydrogen-bond donors (Lipinski definition) is 0. The van der Waals surface area contributed by atoms with E-state index in [1.165, 1.54) is 17.7 Å². The monoisotopic (exact) mass is 296 g/mol. The van der Waals surface area contributed by atoms with E-state index in [-0.39, 0.29) is 0 Å². The fourth-order valence-electron chi connectivity index (χ4n) is 0.769. The Morgan fingerprint density at radius 3 is 2.80 bits per heavy atom.